The van der Waals surface area contributed by atoms with Crippen molar-refractivity contribution in [2.75, 3.05) is 24.7 Å². The summed E-state index contributed by atoms with van der Waals surface area (Å²) in [5, 5.41) is 20.2. The van der Waals surface area contributed by atoms with Crippen LogP contribution >= 0.6 is 11.8 Å². The molecule has 2 N–H and O–H groups in total. The van der Waals surface area contributed by atoms with E-state index in [2.05, 4.69) is 0 Å². The van der Waals surface area contributed by atoms with Crippen molar-refractivity contribution in [2.24, 2.45) is 5.41 Å². The first kappa shape index (κ1) is 12.2. The number of thioether (sulfide) groups is 1. The third-order valence-electron chi connectivity index (χ3n) is 3.86. The molecule has 0 aromatic carbocycles. The SMILES string of the molecule is O=C(O)C1(C2(O)CCCOCC2)CCSC1. The Morgan fingerprint density at radius 2 is 2.06 bits per heavy atom. The first-order valence-corrected chi connectivity index (χ1v) is 6.87. The summed E-state index contributed by atoms with van der Waals surface area (Å²) in [4.78, 5) is 11.5. The van der Waals surface area contributed by atoms with Crippen LogP contribution in [0.3, 0.4) is 0 Å². The van der Waals surface area contributed by atoms with Gasteiger partial charge in [-0.05, 0) is 25.0 Å². The molecular weight excluding hydrogens is 228 g/mol. The third kappa shape index (κ3) is 1.85. The monoisotopic (exact) mass is 246 g/mol. The van der Waals surface area contributed by atoms with Crippen molar-refractivity contribution >= 4 is 17.7 Å². The summed E-state index contributed by atoms with van der Waals surface area (Å²) in [6, 6.07) is 0. The minimum absolute atomic E-state index is 0.444. The van der Waals surface area contributed by atoms with Crippen LogP contribution in [0.4, 0.5) is 0 Å². The molecule has 2 unspecified atom stereocenters. The summed E-state index contributed by atoms with van der Waals surface area (Å²) in [5.74, 6) is 0.510. The average Bonchev–Trinajstić information content (AvgIpc) is 2.65. The van der Waals surface area contributed by atoms with Gasteiger partial charge >= 0.3 is 5.97 Å². The molecule has 0 spiro atoms. The first-order valence-electron chi connectivity index (χ1n) is 5.72. The Morgan fingerprint density at radius 1 is 1.25 bits per heavy atom. The Kier molecular flexibility index (Phi) is 3.47. The van der Waals surface area contributed by atoms with Crippen molar-refractivity contribution in [3.8, 4) is 0 Å². The Labute approximate surface area is 99.4 Å². The minimum atomic E-state index is -1.08. The van der Waals surface area contributed by atoms with E-state index in [4.69, 9.17) is 4.74 Å². The van der Waals surface area contributed by atoms with E-state index < -0.39 is 17.0 Å². The van der Waals surface area contributed by atoms with Gasteiger partial charge in [0.15, 0.2) is 0 Å². The highest BCUT2D eigenvalue weighted by Crippen LogP contribution is 2.49. The van der Waals surface area contributed by atoms with Crippen molar-refractivity contribution in [1.82, 2.24) is 0 Å². The topological polar surface area (TPSA) is 66.8 Å². The van der Waals surface area contributed by atoms with E-state index in [1.165, 1.54) is 0 Å². The molecule has 92 valence electrons. The van der Waals surface area contributed by atoms with Crippen LogP contribution in [0, 0.1) is 5.41 Å². The molecule has 2 aliphatic rings. The second-order valence-electron chi connectivity index (χ2n) is 4.69. The molecule has 4 nitrogen and oxygen atoms in total. The van der Waals surface area contributed by atoms with Crippen LogP contribution in [0.15, 0.2) is 0 Å². The van der Waals surface area contributed by atoms with Gasteiger partial charge in [-0.1, -0.05) is 0 Å². The molecule has 2 heterocycles. The lowest BCUT2D eigenvalue weighted by Gasteiger charge is -2.40. The maximum Gasteiger partial charge on any atom is 0.313 e. The number of carboxylic acid groups (broad SMARTS) is 1. The fraction of sp³-hybridized carbons (Fsp3) is 0.909. The zero-order valence-electron chi connectivity index (χ0n) is 9.28. The molecule has 16 heavy (non-hydrogen) atoms. The summed E-state index contributed by atoms with van der Waals surface area (Å²) in [5.41, 5.74) is -2.04. The number of aliphatic carboxylic acids is 1. The maximum atomic E-state index is 11.5. The number of ether oxygens (including phenoxy) is 1. The molecule has 2 aliphatic heterocycles. The van der Waals surface area contributed by atoms with Gasteiger partial charge in [-0.3, -0.25) is 4.79 Å². The van der Waals surface area contributed by atoms with Crippen LogP contribution in [0.1, 0.15) is 25.7 Å². The second kappa shape index (κ2) is 4.55. The van der Waals surface area contributed by atoms with Crippen LogP contribution in [0.25, 0.3) is 0 Å². The summed E-state index contributed by atoms with van der Waals surface area (Å²) in [6.45, 7) is 1.10. The molecule has 0 aromatic rings. The van der Waals surface area contributed by atoms with Gasteiger partial charge in [0.05, 0.1) is 5.60 Å². The van der Waals surface area contributed by atoms with Gasteiger partial charge in [0, 0.05) is 25.4 Å². The fourth-order valence-electron chi connectivity index (χ4n) is 2.71. The second-order valence-corrected chi connectivity index (χ2v) is 5.79. The maximum absolute atomic E-state index is 11.5. The number of rotatable bonds is 2. The largest absolute Gasteiger partial charge is 0.481 e. The van der Waals surface area contributed by atoms with Gasteiger partial charge in [0.2, 0.25) is 0 Å². The Balaban J connectivity index is 2.26. The number of hydrogen-bond donors (Lipinski definition) is 2. The van der Waals surface area contributed by atoms with E-state index in [9.17, 15) is 15.0 Å². The van der Waals surface area contributed by atoms with Crippen molar-refractivity contribution in [1.29, 1.82) is 0 Å². The van der Waals surface area contributed by atoms with Gasteiger partial charge in [0.25, 0.3) is 0 Å². The molecule has 0 amide bonds. The molecule has 5 heteroatoms. The lowest BCUT2D eigenvalue weighted by molar-refractivity contribution is -0.168. The summed E-state index contributed by atoms with van der Waals surface area (Å²) in [6.07, 6.45) is 2.30. The molecule has 0 radical (unpaired) electrons. The first-order chi connectivity index (χ1) is 7.61. The zero-order chi connectivity index (χ0) is 11.6. The molecule has 0 bridgehead atoms. The molecule has 0 saturated carbocycles. The van der Waals surface area contributed by atoms with Gasteiger partial charge in [-0.2, -0.15) is 11.8 Å². The highest BCUT2D eigenvalue weighted by molar-refractivity contribution is 7.99. The number of carboxylic acids is 1. The van der Waals surface area contributed by atoms with E-state index in [0.717, 1.165) is 12.2 Å². The lowest BCUT2D eigenvalue weighted by Crippen LogP contribution is -2.53. The smallest absolute Gasteiger partial charge is 0.313 e. The van der Waals surface area contributed by atoms with Crippen LogP contribution in [-0.4, -0.2) is 46.5 Å². The van der Waals surface area contributed by atoms with Crippen molar-refractivity contribution in [2.45, 2.75) is 31.3 Å². The molecule has 0 aliphatic carbocycles. The normalized spacial score (nSPS) is 40.6. The molecule has 0 aromatic heterocycles. The van der Waals surface area contributed by atoms with Crippen molar-refractivity contribution in [3.63, 3.8) is 0 Å². The van der Waals surface area contributed by atoms with Gasteiger partial charge in [0.1, 0.15) is 5.41 Å². The Hall–Kier alpha value is -0.260. The lowest BCUT2D eigenvalue weighted by atomic mass is 9.68. The summed E-state index contributed by atoms with van der Waals surface area (Å²) < 4.78 is 5.31. The van der Waals surface area contributed by atoms with E-state index >= 15 is 0 Å². The van der Waals surface area contributed by atoms with E-state index in [1.807, 2.05) is 0 Å². The van der Waals surface area contributed by atoms with Crippen LogP contribution in [0.5, 0.6) is 0 Å². The predicted molar refractivity (Wildman–Crippen MR) is 61.6 cm³/mol. The zero-order valence-corrected chi connectivity index (χ0v) is 10.1. The van der Waals surface area contributed by atoms with Crippen LogP contribution in [0.2, 0.25) is 0 Å². The van der Waals surface area contributed by atoms with Crippen molar-refractivity contribution in [3.05, 3.63) is 0 Å². The molecule has 2 fully saturated rings. The Bertz CT molecular complexity index is 265. The Morgan fingerprint density at radius 3 is 2.69 bits per heavy atom. The quantitative estimate of drug-likeness (QED) is 0.764. The highest BCUT2D eigenvalue weighted by Gasteiger charge is 2.57. The van der Waals surface area contributed by atoms with E-state index in [0.29, 0.717) is 38.2 Å². The van der Waals surface area contributed by atoms with Crippen LogP contribution in [-0.2, 0) is 9.53 Å². The molecule has 2 rings (SSSR count). The van der Waals surface area contributed by atoms with Crippen molar-refractivity contribution < 1.29 is 19.7 Å². The minimum Gasteiger partial charge on any atom is -0.481 e. The highest BCUT2D eigenvalue weighted by atomic mass is 32.2. The summed E-state index contributed by atoms with van der Waals surface area (Å²) >= 11 is 1.63. The average molecular weight is 246 g/mol. The standard InChI is InChI=1S/C11H18O4S/c12-9(13)10(4-7-16-8-10)11(14)2-1-5-15-6-3-11/h14H,1-8H2,(H,12,13). The summed E-state index contributed by atoms with van der Waals surface area (Å²) in [7, 11) is 0. The molecule has 2 saturated heterocycles. The van der Waals surface area contributed by atoms with Gasteiger partial charge in [-0.15, -0.1) is 0 Å². The van der Waals surface area contributed by atoms with E-state index in [1.54, 1.807) is 11.8 Å². The number of hydrogen-bond acceptors (Lipinski definition) is 4. The van der Waals surface area contributed by atoms with Gasteiger partial charge in [-0.25, -0.2) is 0 Å². The fourth-order valence-corrected chi connectivity index (χ4v) is 4.24. The number of aliphatic hydroxyl groups is 1. The third-order valence-corrected chi connectivity index (χ3v) is 5.05. The predicted octanol–water partition coefficient (Wildman–Crippen LogP) is 1.13. The van der Waals surface area contributed by atoms with Gasteiger partial charge < -0.3 is 14.9 Å². The van der Waals surface area contributed by atoms with E-state index in [-0.39, 0.29) is 0 Å². The number of carbonyl (C=O) groups is 1. The molecular formula is C11H18O4S. The molecule has 2 atom stereocenters. The van der Waals surface area contributed by atoms with Crippen LogP contribution < -0.4 is 0 Å².